The lowest BCUT2D eigenvalue weighted by Gasteiger charge is -2.25. The Morgan fingerprint density at radius 2 is 1.92 bits per heavy atom. The van der Waals surface area contributed by atoms with Gasteiger partial charge in [0.2, 0.25) is 11.8 Å². The first-order valence-corrected chi connectivity index (χ1v) is 9.45. The van der Waals surface area contributed by atoms with Crippen molar-refractivity contribution in [2.24, 2.45) is 11.8 Å². The minimum atomic E-state index is -0.833. The molecule has 1 unspecified atom stereocenters. The topological polar surface area (TPSA) is 95.5 Å². The number of benzene rings is 1. The second-order valence-electron chi connectivity index (χ2n) is 7.34. The summed E-state index contributed by atoms with van der Waals surface area (Å²) in [5.41, 5.74) is 1.94. The molecule has 3 atom stereocenters. The van der Waals surface area contributed by atoms with Crippen molar-refractivity contribution in [2.45, 2.75) is 57.4 Å². The van der Waals surface area contributed by atoms with Gasteiger partial charge in [-0.05, 0) is 37.3 Å². The summed E-state index contributed by atoms with van der Waals surface area (Å²) in [4.78, 5) is 36.0. The van der Waals surface area contributed by atoms with Crippen LogP contribution in [0, 0.1) is 11.8 Å². The number of nitrogens with one attached hydrogen (secondary N) is 2. The van der Waals surface area contributed by atoms with E-state index in [0.29, 0.717) is 25.7 Å². The summed E-state index contributed by atoms with van der Waals surface area (Å²) >= 11 is 0. The van der Waals surface area contributed by atoms with E-state index in [1.807, 2.05) is 24.3 Å². The summed E-state index contributed by atoms with van der Waals surface area (Å²) in [6, 6.07) is 7.40. The number of carbonyl (C=O) groups is 3. The van der Waals surface area contributed by atoms with E-state index in [9.17, 15) is 19.5 Å². The van der Waals surface area contributed by atoms with Gasteiger partial charge in [-0.1, -0.05) is 37.5 Å². The quantitative estimate of drug-likeness (QED) is 0.705. The Bertz CT molecular complexity index is 688. The fourth-order valence-electron chi connectivity index (χ4n) is 4.01. The zero-order chi connectivity index (χ0) is 18.5. The summed E-state index contributed by atoms with van der Waals surface area (Å²) in [6.45, 7) is 0. The van der Waals surface area contributed by atoms with Gasteiger partial charge >= 0.3 is 5.97 Å². The van der Waals surface area contributed by atoms with Gasteiger partial charge in [-0.2, -0.15) is 0 Å². The second kappa shape index (κ2) is 8.34. The maximum Gasteiger partial charge on any atom is 0.308 e. The number of rotatable bonds is 5. The molecule has 0 bridgehead atoms. The number of aliphatic carboxylic acids is 1. The van der Waals surface area contributed by atoms with Crippen molar-refractivity contribution in [1.29, 1.82) is 0 Å². The SMILES string of the molecule is O=C(CCC1Cc2ccccc2NC1=O)N[C@H]1CCCCC[C@H]1C(=O)O. The van der Waals surface area contributed by atoms with Crippen molar-refractivity contribution >= 4 is 23.5 Å². The average Bonchev–Trinajstić information content (AvgIpc) is 2.85. The molecule has 26 heavy (non-hydrogen) atoms. The molecule has 0 aromatic heterocycles. The van der Waals surface area contributed by atoms with Crippen LogP contribution in [0.3, 0.4) is 0 Å². The third kappa shape index (κ3) is 4.42. The first-order chi connectivity index (χ1) is 12.5. The highest BCUT2D eigenvalue weighted by atomic mass is 16.4. The van der Waals surface area contributed by atoms with Gasteiger partial charge in [-0.3, -0.25) is 14.4 Å². The lowest BCUT2D eigenvalue weighted by atomic mass is 9.89. The number of hydrogen-bond acceptors (Lipinski definition) is 3. The van der Waals surface area contributed by atoms with E-state index in [4.69, 9.17) is 0 Å². The Kier molecular flexibility index (Phi) is 5.91. The van der Waals surface area contributed by atoms with Crippen molar-refractivity contribution in [3.05, 3.63) is 29.8 Å². The molecule has 3 rings (SSSR count). The highest BCUT2D eigenvalue weighted by Crippen LogP contribution is 2.28. The number of carboxylic acid groups (broad SMARTS) is 1. The van der Waals surface area contributed by atoms with Crippen molar-refractivity contribution in [1.82, 2.24) is 5.32 Å². The first-order valence-electron chi connectivity index (χ1n) is 9.45. The predicted molar refractivity (Wildman–Crippen MR) is 97.6 cm³/mol. The van der Waals surface area contributed by atoms with Gasteiger partial charge in [-0.25, -0.2) is 0 Å². The zero-order valence-corrected chi connectivity index (χ0v) is 14.9. The number of amides is 2. The molecule has 1 fully saturated rings. The summed E-state index contributed by atoms with van der Waals surface area (Å²) in [6.07, 6.45) is 5.51. The molecule has 1 aromatic rings. The van der Waals surface area contributed by atoms with Gasteiger partial charge in [0.05, 0.1) is 5.92 Å². The average molecular weight is 358 g/mol. The van der Waals surface area contributed by atoms with Crippen molar-refractivity contribution < 1.29 is 19.5 Å². The van der Waals surface area contributed by atoms with Crippen LogP contribution in [-0.4, -0.2) is 28.9 Å². The van der Waals surface area contributed by atoms with Crippen LogP contribution < -0.4 is 10.6 Å². The third-order valence-electron chi connectivity index (χ3n) is 5.51. The summed E-state index contributed by atoms with van der Waals surface area (Å²) in [7, 11) is 0. The van der Waals surface area contributed by atoms with Crippen LogP contribution >= 0.6 is 0 Å². The molecule has 1 aliphatic carbocycles. The standard InChI is InChI=1S/C20H26N2O4/c23-18(21-17-9-3-1-2-7-15(17)20(25)26)11-10-14-12-13-6-4-5-8-16(13)22-19(14)24/h4-6,8,14-15,17H,1-3,7,9-12H2,(H,21,23)(H,22,24)(H,25,26)/t14?,15-,17+/m1/s1. The summed E-state index contributed by atoms with van der Waals surface area (Å²) in [5, 5.41) is 15.2. The fourth-order valence-corrected chi connectivity index (χ4v) is 4.01. The number of carbonyl (C=O) groups excluding carboxylic acids is 2. The van der Waals surface area contributed by atoms with Gasteiger partial charge in [0.1, 0.15) is 0 Å². The monoisotopic (exact) mass is 358 g/mol. The molecule has 140 valence electrons. The van der Waals surface area contributed by atoms with E-state index in [2.05, 4.69) is 10.6 Å². The first kappa shape index (κ1) is 18.4. The lowest BCUT2D eigenvalue weighted by molar-refractivity contribution is -0.143. The highest BCUT2D eigenvalue weighted by Gasteiger charge is 2.31. The number of fused-ring (bicyclic) bond motifs is 1. The molecule has 2 aliphatic rings. The predicted octanol–water partition coefficient (Wildman–Crippen LogP) is 2.73. The maximum absolute atomic E-state index is 12.4. The van der Waals surface area contributed by atoms with E-state index in [1.54, 1.807) is 0 Å². The van der Waals surface area contributed by atoms with Gasteiger partial charge in [-0.15, -0.1) is 0 Å². The van der Waals surface area contributed by atoms with E-state index in [1.165, 1.54) is 0 Å². The molecule has 1 aromatic carbocycles. The summed E-state index contributed by atoms with van der Waals surface area (Å²) in [5.74, 6) is -1.77. The highest BCUT2D eigenvalue weighted by molar-refractivity contribution is 5.96. The molecule has 0 radical (unpaired) electrons. The van der Waals surface area contributed by atoms with Crippen molar-refractivity contribution in [2.75, 3.05) is 5.32 Å². The van der Waals surface area contributed by atoms with Crippen molar-refractivity contribution in [3.8, 4) is 0 Å². The van der Waals surface area contributed by atoms with E-state index in [0.717, 1.165) is 30.5 Å². The molecule has 6 heteroatoms. The van der Waals surface area contributed by atoms with E-state index in [-0.39, 0.29) is 30.2 Å². The Labute approximate surface area is 153 Å². The number of carboxylic acids is 1. The van der Waals surface area contributed by atoms with Crippen molar-refractivity contribution in [3.63, 3.8) is 0 Å². The Morgan fingerprint density at radius 1 is 1.15 bits per heavy atom. The van der Waals surface area contributed by atoms with E-state index >= 15 is 0 Å². The molecule has 3 N–H and O–H groups in total. The number of hydrogen-bond donors (Lipinski definition) is 3. The smallest absolute Gasteiger partial charge is 0.308 e. The number of para-hydroxylation sites is 1. The normalized spacial score (nSPS) is 25.5. The van der Waals surface area contributed by atoms with E-state index < -0.39 is 11.9 Å². The van der Waals surface area contributed by atoms with Crippen LogP contribution in [-0.2, 0) is 20.8 Å². The van der Waals surface area contributed by atoms with Gasteiger partial charge in [0.15, 0.2) is 0 Å². The van der Waals surface area contributed by atoms with Crippen LogP contribution in [0.5, 0.6) is 0 Å². The van der Waals surface area contributed by atoms with Gasteiger partial charge < -0.3 is 15.7 Å². The second-order valence-corrected chi connectivity index (χ2v) is 7.34. The molecular weight excluding hydrogens is 332 g/mol. The van der Waals surface area contributed by atoms with Gasteiger partial charge in [0.25, 0.3) is 0 Å². The van der Waals surface area contributed by atoms with Crippen LogP contribution in [0.15, 0.2) is 24.3 Å². The fraction of sp³-hybridized carbons (Fsp3) is 0.550. The van der Waals surface area contributed by atoms with Crippen LogP contribution in [0.1, 0.15) is 50.5 Å². The summed E-state index contributed by atoms with van der Waals surface area (Å²) < 4.78 is 0. The van der Waals surface area contributed by atoms with Crippen LogP contribution in [0.25, 0.3) is 0 Å². The zero-order valence-electron chi connectivity index (χ0n) is 14.9. The molecule has 1 saturated carbocycles. The number of anilines is 1. The Morgan fingerprint density at radius 3 is 2.73 bits per heavy atom. The molecule has 1 heterocycles. The lowest BCUT2D eigenvalue weighted by Crippen LogP contribution is -2.43. The molecule has 0 spiro atoms. The third-order valence-corrected chi connectivity index (χ3v) is 5.51. The largest absolute Gasteiger partial charge is 0.481 e. The van der Waals surface area contributed by atoms with Crippen LogP contribution in [0.4, 0.5) is 5.69 Å². The molecule has 0 saturated heterocycles. The van der Waals surface area contributed by atoms with Crippen LogP contribution in [0.2, 0.25) is 0 Å². The maximum atomic E-state index is 12.4. The minimum Gasteiger partial charge on any atom is -0.481 e. The molecule has 1 aliphatic heterocycles. The molecule has 2 amide bonds. The molecule has 6 nitrogen and oxygen atoms in total. The molecular formula is C20H26N2O4. The Hall–Kier alpha value is -2.37. The van der Waals surface area contributed by atoms with Gasteiger partial charge in [0, 0.05) is 24.1 Å². The minimum absolute atomic E-state index is 0.0469. The Balaban J connectivity index is 1.53.